The van der Waals surface area contributed by atoms with Gasteiger partial charge in [-0.25, -0.2) is 4.98 Å². The Bertz CT molecular complexity index is 450. The van der Waals surface area contributed by atoms with E-state index in [9.17, 15) is 0 Å². The second-order valence-corrected chi connectivity index (χ2v) is 7.00. The van der Waals surface area contributed by atoms with Crippen molar-refractivity contribution in [3.05, 3.63) is 23.4 Å². The summed E-state index contributed by atoms with van der Waals surface area (Å²) in [5, 5.41) is 3.62. The average Bonchev–Trinajstić information content (AvgIpc) is 3.26. The highest BCUT2D eigenvalue weighted by Crippen LogP contribution is 2.23. The molecule has 21 heavy (non-hydrogen) atoms. The van der Waals surface area contributed by atoms with Crippen LogP contribution in [0.4, 0.5) is 5.82 Å². The lowest BCUT2D eigenvalue weighted by atomic mass is 10.1. The number of pyridine rings is 1. The molecule has 2 rings (SSSR count). The SMILES string of the molecule is CCN(CC(C)C)c1cc(CNC2CC2)cc(C(C)C)n1. The first-order chi connectivity index (χ1) is 9.99. The van der Waals surface area contributed by atoms with Gasteiger partial charge < -0.3 is 10.2 Å². The molecule has 1 aromatic heterocycles. The molecule has 0 radical (unpaired) electrons. The molecule has 1 aliphatic carbocycles. The van der Waals surface area contributed by atoms with Crippen LogP contribution in [0, 0.1) is 5.92 Å². The van der Waals surface area contributed by atoms with Gasteiger partial charge in [-0.1, -0.05) is 27.7 Å². The minimum atomic E-state index is 0.474. The summed E-state index contributed by atoms with van der Waals surface area (Å²) in [7, 11) is 0. The van der Waals surface area contributed by atoms with Gasteiger partial charge in [-0.05, 0) is 49.3 Å². The molecule has 0 bridgehead atoms. The summed E-state index contributed by atoms with van der Waals surface area (Å²) in [5.74, 6) is 2.27. The Kier molecular flexibility index (Phi) is 5.63. The van der Waals surface area contributed by atoms with Gasteiger partial charge in [0.25, 0.3) is 0 Å². The molecular formula is C18H31N3. The molecule has 1 fully saturated rings. The number of aromatic nitrogens is 1. The van der Waals surface area contributed by atoms with Crippen molar-refractivity contribution in [1.29, 1.82) is 0 Å². The lowest BCUT2D eigenvalue weighted by Gasteiger charge is -2.25. The zero-order valence-electron chi connectivity index (χ0n) is 14.3. The van der Waals surface area contributed by atoms with Crippen molar-refractivity contribution < 1.29 is 0 Å². The summed E-state index contributed by atoms with van der Waals surface area (Å²) >= 11 is 0. The number of hydrogen-bond acceptors (Lipinski definition) is 3. The van der Waals surface area contributed by atoms with E-state index in [-0.39, 0.29) is 0 Å². The fraction of sp³-hybridized carbons (Fsp3) is 0.722. The van der Waals surface area contributed by atoms with Crippen molar-refractivity contribution in [1.82, 2.24) is 10.3 Å². The molecule has 1 aromatic rings. The van der Waals surface area contributed by atoms with Crippen molar-refractivity contribution >= 4 is 5.82 Å². The summed E-state index contributed by atoms with van der Waals surface area (Å²) in [6, 6.07) is 5.29. The van der Waals surface area contributed by atoms with E-state index in [4.69, 9.17) is 4.98 Å². The van der Waals surface area contributed by atoms with Crippen molar-refractivity contribution in [3.63, 3.8) is 0 Å². The van der Waals surface area contributed by atoms with Crippen LogP contribution in [0.5, 0.6) is 0 Å². The van der Waals surface area contributed by atoms with E-state index in [2.05, 4.69) is 57.0 Å². The number of anilines is 1. The van der Waals surface area contributed by atoms with Crippen LogP contribution in [0.25, 0.3) is 0 Å². The molecule has 1 N–H and O–H groups in total. The van der Waals surface area contributed by atoms with Crippen LogP contribution in [0.2, 0.25) is 0 Å². The van der Waals surface area contributed by atoms with E-state index in [1.54, 1.807) is 0 Å². The highest BCUT2D eigenvalue weighted by Gasteiger charge is 2.20. The van der Waals surface area contributed by atoms with Crippen LogP contribution in [0.3, 0.4) is 0 Å². The van der Waals surface area contributed by atoms with E-state index in [1.165, 1.54) is 24.1 Å². The zero-order valence-corrected chi connectivity index (χ0v) is 14.3. The Morgan fingerprint density at radius 1 is 1.24 bits per heavy atom. The molecule has 1 saturated carbocycles. The Labute approximate surface area is 130 Å². The molecule has 118 valence electrons. The molecule has 1 heterocycles. The van der Waals surface area contributed by atoms with E-state index >= 15 is 0 Å². The Hall–Kier alpha value is -1.09. The summed E-state index contributed by atoms with van der Waals surface area (Å²) in [5.41, 5.74) is 2.58. The maximum atomic E-state index is 4.90. The van der Waals surface area contributed by atoms with Gasteiger partial charge in [0.1, 0.15) is 5.82 Å². The van der Waals surface area contributed by atoms with Crippen LogP contribution < -0.4 is 10.2 Å². The third kappa shape index (κ3) is 4.99. The van der Waals surface area contributed by atoms with Crippen LogP contribution in [0.1, 0.15) is 64.6 Å². The fourth-order valence-electron chi connectivity index (χ4n) is 2.53. The quantitative estimate of drug-likeness (QED) is 0.785. The summed E-state index contributed by atoms with van der Waals surface area (Å²) < 4.78 is 0. The van der Waals surface area contributed by atoms with Gasteiger partial charge in [-0.2, -0.15) is 0 Å². The van der Waals surface area contributed by atoms with Crippen molar-refractivity contribution in [2.45, 2.75) is 66.0 Å². The first kappa shape index (κ1) is 16.3. The minimum absolute atomic E-state index is 0.474. The average molecular weight is 289 g/mol. The second kappa shape index (κ2) is 7.26. The summed E-state index contributed by atoms with van der Waals surface area (Å²) in [6.07, 6.45) is 2.67. The van der Waals surface area contributed by atoms with Crippen LogP contribution in [-0.4, -0.2) is 24.1 Å². The first-order valence-electron chi connectivity index (χ1n) is 8.48. The smallest absolute Gasteiger partial charge is 0.129 e. The molecular weight excluding hydrogens is 258 g/mol. The first-order valence-corrected chi connectivity index (χ1v) is 8.48. The predicted molar refractivity (Wildman–Crippen MR) is 90.9 cm³/mol. The second-order valence-electron chi connectivity index (χ2n) is 7.00. The Balaban J connectivity index is 2.19. The van der Waals surface area contributed by atoms with E-state index < -0.39 is 0 Å². The fourth-order valence-corrected chi connectivity index (χ4v) is 2.53. The third-order valence-electron chi connectivity index (χ3n) is 3.95. The summed E-state index contributed by atoms with van der Waals surface area (Å²) in [4.78, 5) is 7.30. The Morgan fingerprint density at radius 3 is 2.48 bits per heavy atom. The van der Waals surface area contributed by atoms with E-state index in [0.29, 0.717) is 11.8 Å². The van der Waals surface area contributed by atoms with Gasteiger partial charge in [0.15, 0.2) is 0 Å². The van der Waals surface area contributed by atoms with Crippen molar-refractivity contribution in [3.8, 4) is 0 Å². The third-order valence-corrected chi connectivity index (χ3v) is 3.95. The molecule has 0 aliphatic heterocycles. The monoisotopic (exact) mass is 289 g/mol. The highest BCUT2D eigenvalue weighted by molar-refractivity contribution is 5.43. The maximum Gasteiger partial charge on any atom is 0.129 e. The van der Waals surface area contributed by atoms with Gasteiger partial charge in [0, 0.05) is 31.4 Å². The minimum Gasteiger partial charge on any atom is -0.357 e. The van der Waals surface area contributed by atoms with E-state index in [1.807, 2.05) is 0 Å². The molecule has 3 heteroatoms. The molecule has 3 nitrogen and oxygen atoms in total. The molecule has 0 spiro atoms. The van der Waals surface area contributed by atoms with Gasteiger partial charge in [-0.15, -0.1) is 0 Å². The summed E-state index contributed by atoms with van der Waals surface area (Å²) in [6.45, 7) is 14.3. The van der Waals surface area contributed by atoms with Gasteiger partial charge in [-0.3, -0.25) is 0 Å². The molecule has 0 atom stereocenters. The molecule has 0 amide bonds. The standard InChI is InChI=1S/C18H31N3/c1-6-21(12-13(2)3)18-10-15(11-19-16-7-8-16)9-17(20-18)14(4)5/h9-10,13-14,16,19H,6-8,11-12H2,1-5H3. The lowest BCUT2D eigenvalue weighted by molar-refractivity contribution is 0.611. The molecule has 0 aromatic carbocycles. The number of hydrogen-bond donors (Lipinski definition) is 1. The normalized spacial score (nSPS) is 15.0. The van der Waals surface area contributed by atoms with Gasteiger partial charge in [0.05, 0.1) is 0 Å². The van der Waals surface area contributed by atoms with Crippen LogP contribution in [-0.2, 0) is 6.54 Å². The van der Waals surface area contributed by atoms with Crippen molar-refractivity contribution in [2.24, 2.45) is 5.92 Å². The number of rotatable bonds is 8. The predicted octanol–water partition coefficient (Wildman–Crippen LogP) is 3.94. The molecule has 0 saturated heterocycles. The molecule has 1 aliphatic rings. The maximum absolute atomic E-state index is 4.90. The largest absolute Gasteiger partial charge is 0.357 e. The van der Waals surface area contributed by atoms with Crippen molar-refractivity contribution in [2.75, 3.05) is 18.0 Å². The van der Waals surface area contributed by atoms with Gasteiger partial charge in [0.2, 0.25) is 0 Å². The number of nitrogens with zero attached hydrogens (tertiary/aromatic N) is 2. The van der Waals surface area contributed by atoms with Gasteiger partial charge >= 0.3 is 0 Å². The highest BCUT2D eigenvalue weighted by atomic mass is 15.2. The molecule has 0 unspecified atom stereocenters. The zero-order chi connectivity index (χ0) is 15.4. The number of nitrogens with one attached hydrogen (secondary N) is 1. The Morgan fingerprint density at radius 2 is 1.95 bits per heavy atom. The van der Waals surface area contributed by atoms with E-state index in [0.717, 1.165) is 31.5 Å². The van der Waals surface area contributed by atoms with Crippen LogP contribution in [0.15, 0.2) is 12.1 Å². The topological polar surface area (TPSA) is 28.2 Å². The van der Waals surface area contributed by atoms with Crippen LogP contribution >= 0.6 is 0 Å². The lowest BCUT2D eigenvalue weighted by Crippen LogP contribution is -2.28.